The van der Waals surface area contributed by atoms with Crippen LogP contribution in [-0.2, 0) is 6.61 Å². The highest BCUT2D eigenvalue weighted by atomic mass is 32.1. The Labute approximate surface area is 174 Å². The lowest BCUT2D eigenvalue weighted by Crippen LogP contribution is -2.19. The Morgan fingerprint density at radius 2 is 1.90 bits per heavy atom. The minimum absolute atomic E-state index is 0.291. The summed E-state index contributed by atoms with van der Waals surface area (Å²) >= 11 is 1.27. The predicted molar refractivity (Wildman–Crippen MR) is 115 cm³/mol. The normalized spacial score (nSPS) is 11.6. The molecule has 3 aromatic rings. The maximum Gasteiger partial charge on any atom is 0.325 e. The second kappa shape index (κ2) is 9.88. The first-order valence-electron chi connectivity index (χ1n) is 9.34. The zero-order valence-corrected chi connectivity index (χ0v) is 17.5. The van der Waals surface area contributed by atoms with Crippen molar-refractivity contribution in [3.8, 4) is 11.5 Å². The Kier molecular flexibility index (Phi) is 7.02. The van der Waals surface area contributed by atoms with Gasteiger partial charge in [-0.2, -0.15) is 0 Å². The lowest BCUT2D eigenvalue weighted by Gasteiger charge is -2.10. The molecule has 152 valence electrons. The second-order valence-corrected chi connectivity index (χ2v) is 7.54. The summed E-state index contributed by atoms with van der Waals surface area (Å²) in [6.45, 7) is 4.67. The van der Waals surface area contributed by atoms with Gasteiger partial charge < -0.3 is 14.8 Å². The van der Waals surface area contributed by atoms with Gasteiger partial charge in [-0.15, -0.1) is 10.2 Å². The number of urea groups is 1. The van der Waals surface area contributed by atoms with E-state index in [1.807, 2.05) is 12.1 Å². The van der Waals surface area contributed by atoms with Gasteiger partial charge in [0, 0.05) is 11.8 Å². The average molecular weight is 413 g/mol. The summed E-state index contributed by atoms with van der Waals surface area (Å²) < 4.78 is 10.9. The number of anilines is 2. The molecule has 0 unspecified atom stereocenters. The smallest absolute Gasteiger partial charge is 0.325 e. The maximum absolute atomic E-state index is 12.1. The fourth-order valence-electron chi connectivity index (χ4n) is 2.60. The summed E-state index contributed by atoms with van der Waals surface area (Å²) in [5.41, 5.74) is 1.92. The number of hydrogen-bond acceptors (Lipinski definition) is 6. The average Bonchev–Trinajstić information content (AvgIpc) is 3.19. The molecule has 0 radical (unpaired) electrons. The van der Waals surface area contributed by atoms with Crippen LogP contribution in [0.5, 0.6) is 11.5 Å². The number of nitrogens with zero attached hydrogens (tertiary/aromatic N) is 2. The van der Waals surface area contributed by atoms with Crippen LogP contribution >= 0.6 is 11.3 Å². The monoisotopic (exact) mass is 412 g/mol. The summed E-state index contributed by atoms with van der Waals surface area (Å²) in [5, 5.41) is 14.5. The Hall–Kier alpha value is -3.13. The Bertz CT molecular complexity index is 943. The van der Waals surface area contributed by atoms with Gasteiger partial charge in [-0.1, -0.05) is 43.4 Å². The molecule has 1 heterocycles. The molecule has 0 saturated carbocycles. The molecular weight excluding hydrogens is 388 g/mol. The number of amides is 2. The summed E-state index contributed by atoms with van der Waals surface area (Å²) in [6, 6.07) is 14.8. The predicted octanol–water partition coefficient (Wildman–Crippen LogP) is 5.28. The molecule has 29 heavy (non-hydrogen) atoms. The molecule has 0 fully saturated rings. The summed E-state index contributed by atoms with van der Waals surface area (Å²) in [6.07, 6.45) is 1.10. The van der Waals surface area contributed by atoms with Crippen LogP contribution in [0.2, 0.25) is 0 Å². The van der Waals surface area contributed by atoms with E-state index in [9.17, 15) is 4.79 Å². The van der Waals surface area contributed by atoms with E-state index in [2.05, 4.69) is 46.8 Å². The molecule has 1 aromatic heterocycles. The molecule has 0 saturated heterocycles. The third-order valence-corrected chi connectivity index (χ3v) is 5.25. The van der Waals surface area contributed by atoms with E-state index in [0.717, 1.165) is 12.2 Å². The molecule has 0 aliphatic heterocycles. The molecule has 8 heteroatoms. The van der Waals surface area contributed by atoms with Crippen molar-refractivity contribution >= 4 is 28.2 Å². The van der Waals surface area contributed by atoms with Gasteiger partial charge in [-0.05, 0) is 42.2 Å². The third kappa shape index (κ3) is 5.92. The minimum Gasteiger partial charge on any atom is -0.497 e. The van der Waals surface area contributed by atoms with E-state index in [0.29, 0.717) is 34.1 Å². The van der Waals surface area contributed by atoms with Crippen LogP contribution in [0.4, 0.5) is 15.6 Å². The van der Waals surface area contributed by atoms with Crippen LogP contribution in [0.25, 0.3) is 0 Å². The van der Waals surface area contributed by atoms with Gasteiger partial charge in [0.2, 0.25) is 5.13 Å². The van der Waals surface area contributed by atoms with Crippen LogP contribution in [-0.4, -0.2) is 23.3 Å². The molecule has 7 nitrogen and oxygen atoms in total. The number of nitrogens with one attached hydrogen (secondary N) is 2. The van der Waals surface area contributed by atoms with E-state index in [-0.39, 0.29) is 0 Å². The first-order chi connectivity index (χ1) is 14.1. The summed E-state index contributed by atoms with van der Waals surface area (Å²) in [4.78, 5) is 12.1. The lowest BCUT2D eigenvalue weighted by atomic mass is 9.99. The Morgan fingerprint density at radius 1 is 1.10 bits per heavy atom. The summed E-state index contributed by atoms with van der Waals surface area (Å²) in [5.74, 6) is 1.97. The van der Waals surface area contributed by atoms with Gasteiger partial charge in [0.15, 0.2) is 5.01 Å². The van der Waals surface area contributed by atoms with Crippen LogP contribution in [0.3, 0.4) is 0 Å². The molecular formula is C21H24N4O3S. The molecule has 3 rings (SSSR count). The van der Waals surface area contributed by atoms with Gasteiger partial charge in [-0.25, -0.2) is 4.79 Å². The highest BCUT2D eigenvalue weighted by Crippen LogP contribution is 2.23. The van der Waals surface area contributed by atoms with Gasteiger partial charge in [0.1, 0.15) is 18.1 Å². The molecule has 2 aromatic carbocycles. The lowest BCUT2D eigenvalue weighted by molar-refractivity contribution is 0.262. The molecule has 0 spiro atoms. The van der Waals surface area contributed by atoms with E-state index in [1.165, 1.54) is 16.9 Å². The second-order valence-electron chi connectivity index (χ2n) is 6.48. The van der Waals surface area contributed by atoms with Gasteiger partial charge in [-0.3, -0.25) is 5.32 Å². The van der Waals surface area contributed by atoms with E-state index < -0.39 is 6.03 Å². The summed E-state index contributed by atoms with van der Waals surface area (Å²) in [7, 11) is 1.57. The third-order valence-electron chi connectivity index (χ3n) is 4.44. The first-order valence-corrected chi connectivity index (χ1v) is 10.2. The minimum atomic E-state index is -0.400. The number of carbonyl (C=O) groups is 1. The van der Waals surface area contributed by atoms with Crippen molar-refractivity contribution in [1.82, 2.24) is 10.2 Å². The van der Waals surface area contributed by atoms with E-state index in [1.54, 1.807) is 31.4 Å². The van der Waals surface area contributed by atoms with Crippen LogP contribution in [0, 0.1) is 0 Å². The van der Waals surface area contributed by atoms with E-state index >= 15 is 0 Å². The van der Waals surface area contributed by atoms with Crippen LogP contribution < -0.4 is 20.1 Å². The fourth-order valence-corrected chi connectivity index (χ4v) is 3.24. The van der Waals surface area contributed by atoms with Crippen LogP contribution in [0.1, 0.15) is 36.8 Å². The van der Waals surface area contributed by atoms with Crippen LogP contribution in [0.15, 0.2) is 48.5 Å². The number of ether oxygens (including phenoxy) is 2. The van der Waals surface area contributed by atoms with Gasteiger partial charge >= 0.3 is 6.03 Å². The molecule has 2 amide bonds. The SMILES string of the molecule is CC[C@@H](C)c1ccc(OCc2nnc(NC(=O)Nc3cccc(OC)c3)s2)cc1. The topological polar surface area (TPSA) is 85.4 Å². The van der Waals surface area contributed by atoms with Crippen molar-refractivity contribution in [3.63, 3.8) is 0 Å². The molecule has 0 bridgehead atoms. The number of rotatable bonds is 8. The zero-order chi connectivity index (χ0) is 20.6. The van der Waals surface area contributed by atoms with Crippen molar-refractivity contribution in [2.75, 3.05) is 17.7 Å². The number of aromatic nitrogens is 2. The molecule has 0 aliphatic rings. The Morgan fingerprint density at radius 3 is 2.62 bits per heavy atom. The molecule has 1 atom stereocenters. The number of methoxy groups -OCH3 is 1. The van der Waals surface area contributed by atoms with Gasteiger partial charge in [0.05, 0.1) is 7.11 Å². The van der Waals surface area contributed by atoms with Crippen molar-refractivity contribution in [1.29, 1.82) is 0 Å². The highest BCUT2D eigenvalue weighted by molar-refractivity contribution is 7.15. The Balaban J connectivity index is 1.50. The zero-order valence-electron chi connectivity index (χ0n) is 16.6. The first kappa shape index (κ1) is 20.6. The highest BCUT2D eigenvalue weighted by Gasteiger charge is 2.10. The van der Waals surface area contributed by atoms with Crippen molar-refractivity contribution in [2.24, 2.45) is 0 Å². The van der Waals surface area contributed by atoms with Crippen molar-refractivity contribution in [3.05, 3.63) is 59.1 Å². The van der Waals surface area contributed by atoms with Crippen molar-refractivity contribution < 1.29 is 14.3 Å². The maximum atomic E-state index is 12.1. The molecule has 0 aliphatic carbocycles. The van der Waals surface area contributed by atoms with E-state index in [4.69, 9.17) is 9.47 Å². The fraction of sp³-hybridized carbons (Fsp3) is 0.286. The number of hydrogen-bond donors (Lipinski definition) is 2. The number of benzene rings is 2. The van der Waals surface area contributed by atoms with Crippen molar-refractivity contribution in [2.45, 2.75) is 32.8 Å². The molecule has 2 N–H and O–H groups in total. The number of carbonyl (C=O) groups excluding carboxylic acids is 1. The largest absolute Gasteiger partial charge is 0.497 e. The standard InChI is InChI=1S/C21H24N4O3S/c1-4-14(2)15-8-10-17(11-9-15)28-13-19-24-25-21(29-19)23-20(26)22-16-6-5-7-18(12-16)27-3/h5-12,14H,4,13H2,1-3H3,(H2,22,23,25,26)/t14-/m1/s1. The van der Waals surface area contributed by atoms with Gasteiger partial charge in [0.25, 0.3) is 0 Å². The quantitative estimate of drug-likeness (QED) is 0.525.